The van der Waals surface area contributed by atoms with E-state index in [0.717, 1.165) is 12.8 Å². The number of hydrogen-bond donors (Lipinski definition) is 3. The fourth-order valence-electron chi connectivity index (χ4n) is 5.20. The van der Waals surface area contributed by atoms with Crippen LogP contribution in [0, 0.1) is 5.92 Å². The number of aliphatic hydroxyl groups excluding tert-OH is 1. The zero-order valence-corrected chi connectivity index (χ0v) is 17.1. The summed E-state index contributed by atoms with van der Waals surface area (Å²) in [4.78, 5) is 25.0. The van der Waals surface area contributed by atoms with Crippen LogP contribution in [0.1, 0.15) is 82.1 Å². The molecule has 2 saturated carbocycles. The molecular formula is C24H32N2O3. The van der Waals surface area contributed by atoms with Gasteiger partial charge in [-0.25, -0.2) is 0 Å². The second kappa shape index (κ2) is 9.02. The zero-order chi connectivity index (χ0) is 20.2. The number of amides is 2. The third kappa shape index (κ3) is 4.65. The van der Waals surface area contributed by atoms with E-state index < -0.39 is 17.9 Å². The van der Waals surface area contributed by atoms with Crippen molar-refractivity contribution >= 4 is 17.5 Å². The summed E-state index contributed by atoms with van der Waals surface area (Å²) < 4.78 is 0. The Bertz CT molecular complexity index is 772. The summed E-state index contributed by atoms with van der Waals surface area (Å²) in [6, 6.07) is 7.50. The molecule has 4 rings (SSSR count). The van der Waals surface area contributed by atoms with Crippen molar-refractivity contribution in [2.24, 2.45) is 5.92 Å². The summed E-state index contributed by atoms with van der Waals surface area (Å²) in [7, 11) is 0. The lowest BCUT2D eigenvalue weighted by Crippen LogP contribution is -2.32. The molecule has 1 aromatic carbocycles. The molecule has 0 saturated heterocycles. The number of anilines is 1. The average molecular weight is 397 g/mol. The zero-order valence-electron chi connectivity index (χ0n) is 17.1. The average Bonchev–Trinajstić information content (AvgIpc) is 3.03. The molecule has 2 amide bonds. The van der Waals surface area contributed by atoms with Crippen molar-refractivity contribution in [2.75, 3.05) is 5.32 Å². The van der Waals surface area contributed by atoms with Crippen molar-refractivity contribution in [2.45, 2.75) is 82.6 Å². The standard InChI is InChI=1S/C24H32N2O3/c27-22-20(15-16-7-3-1-4-8-16)26-24(29)21(22)23(28)25-19-13-11-18(12-14-19)17-9-5-2-6-10-17/h11-14,16-17,20,27H,1-10,15H2,(H,25,28)(H,26,29). The minimum absolute atomic E-state index is 0.100. The molecule has 1 heterocycles. The first kappa shape index (κ1) is 20.0. The van der Waals surface area contributed by atoms with Crippen molar-refractivity contribution in [3.05, 3.63) is 41.2 Å². The van der Waals surface area contributed by atoms with Crippen molar-refractivity contribution in [3.8, 4) is 0 Å². The van der Waals surface area contributed by atoms with Gasteiger partial charge in [0.05, 0.1) is 6.04 Å². The highest BCUT2D eigenvalue weighted by Crippen LogP contribution is 2.33. The van der Waals surface area contributed by atoms with Crippen molar-refractivity contribution in [3.63, 3.8) is 0 Å². The lowest BCUT2D eigenvalue weighted by Gasteiger charge is -2.24. The van der Waals surface area contributed by atoms with E-state index in [-0.39, 0.29) is 11.3 Å². The minimum atomic E-state index is -0.531. The molecule has 2 fully saturated rings. The Morgan fingerprint density at radius 3 is 2.24 bits per heavy atom. The molecule has 0 spiro atoms. The van der Waals surface area contributed by atoms with Gasteiger partial charge in [-0.15, -0.1) is 0 Å². The minimum Gasteiger partial charge on any atom is -0.509 e. The van der Waals surface area contributed by atoms with Crippen molar-refractivity contribution in [1.82, 2.24) is 5.32 Å². The normalized spacial score (nSPS) is 23.9. The number of rotatable bonds is 5. The number of benzene rings is 1. The summed E-state index contributed by atoms with van der Waals surface area (Å²) in [5, 5.41) is 16.1. The second-order valence-electron chi connectivity index (χ2n) is 8.94. The first-order chi connectivity index (χ1) is 14.1. The van der Waals surface area contributed by atoms with Crippen LogP contribution in [0.2, 0.25) is 0 Å². The molecule has 1 aliphatic heterocycles. The molecule has 1 unspecified atom stereocenters. The highest BCUT2D eigenvalue weighted by molar-refractivity contribution is 6.24. The largest absolute Gasteiger partial charge is 0.509 e. The lowest BCUT2D eigenvalue weighted by molar-refractivity contribution is -0.120. The summed E-state index contributed by atoms with van der Waals surface area (Å²) in [5.41, 5.74) is 1.83. The van der Waals surface area contributed by atoms with Gasteiger partial charge in [-0.1, -0.05) is 63.5 Å². The van der Waals surface area contributed by atoms with E-state index in [1.165, 1.54) is 56.9 Å². The van der Waals surface area contributed by atoms with Crippen LogP contribution in [0.25, 0.3) is 0 Å². The molecule has 0 bridgehead atoms. The SMILES string of the molecule is O=C(Nc1ccc(C2CCCCC2)cc1)C1=C(O)C(CC2CCCCC2)NC1=O. The summed E-state index contributed by atoms with van der Waals surface area (Å²) in [6.07, 6.45) is 13.0. The maximum Gasteiger partial charge on any atom is 0.264 e. The van der Waals surface area contributed by atoms with Gasteiger partial charge in [-0.2, -0.15) is 0 Å². The van der Waals surface area contributed by atoms with Crippen molar-refractivity contribution < 1.29 is 14.7 Å². The number of hydrogen-bond acceptors (Lipinski definition) is 3. The van der Waals surface area contributed by atoms with E-state index in [9.17, 15) is 14.7 Å². The molecule has 156 valence electrons. The van der Waals surface area contributed by atoms with Crippen molar-refractivity contribution in [1.29, 1.82) is 0 Å². The quantitative estimate of drug-likeness (QED) is 0.616. The Morgan fingerprint density at radius 2 is 1.59 bits per heavy atom. The van der Waals surface area contributed by atoms with Crippen LogP contribution in [0.4, 0.5) is 5.69 Å². The first-order valence-electron chi connectivity index (χ1n) is 11.3. The van der Waals surface area contributed by atoms with Gasteiger partial charge in [0.25, 0.3) is 11.8 Å². The van der Waals surface area contributed by atoms with Crippen LogP contribution in [0.3, 0.4) is 0 Å². The number of carbonyl (C=O) groups excluding carboxylic acids is 2. The Morgan fingerprint density at radius 1 is 0.966 bits per heavy atom. The fraction of sp³-hybridized carbons (Fsp3) is 0.583. The maximum atomic E-state index is 12.7. The Kier molecular flexibility index (Phi) is 6.22. The topological polar surface area (TPSA) is 78.4 Å². The van der Waals surface area contributed by atoms with Gasteiger partial charge in [0.2, 0.25) is 0 Å². The summed E-state index contributed by atoms with van der Waals surface area (Å²) in [6.45, 7) is 0. The Balaban J connectivity index is 1.39. The molecule has 1 atom stereocenters. The van der Waals surface area contributed by atoms with Gasteiger partial charge >= 0.3 is 0 Å². The molecule has 0 aromatic heterocycles. The Labute approximate surface area is 173 Å². The molecule has 3 aliphatic rings. The molecule has 5 nitrogen and oxygen atoms in total. The van der Waals surface area contributed by atoms with Crippen LogP contribution in [0.15, 0.2) is 35.6 Å². The molecule has 1 aromatic rings. The molecule has 5 heteroatoms. The first-order valence-corrected chi connectivity index (χ1v) is 11.3. The summed E-state index contributed by atoms with van der Waals surface area (Å²) >= 11 is 0. The number of aliphatic hydroxyl groups is 1. The third-order valence-electron chi connectivity index (χ3n) is 6.88. The maximum absolute atomic E-state index is 12.7. The smallest absolute Gasteiger partial charge is 0.264 e. The molecule has 0 radical (unpaired) electrons. The molecule has 2 aliphatic carbocycles. The van der Waals surface area contributed by atoms with Gasteiger partial charge < -0.3 is 15.7 Å². The highest BCUT2D eigenvalue weighted by atomic mass is 16.3. The monoisotopic (exact) mass is 396 g/mol. The lowest BCUT2D eigenvalue weighted by atomic mass is 9.84. The van der Waals surface area contributed by atoms with Gasteiger partial charge in [0.1, 0.15) is 11.3 Å². The predicted molar refractivity (Wildman–Crippen MR) is 114 cm³/mol. The Hall–Kier alpha value is -2.30. The van der Waals surface area contributed by atoms with Gasteiger partial charge in [0, 0.05) is 5.69 Å². The van der Waals surface area contributed by atoms with Crippen LogP contribution >= 0.6 is 0 Å². The van der Waals surface area contributed by atoms with Gasteiger partial charge in [0.15, 0.2) is 0 Å². The van der Waals surface area contributed by atoms with Gasteiger partial charge in [-0.05, 0) is 48.8 Å². The molecular weight excluding hydrogens is 364 g/mol. The molecule has 3 N–H and O–H groups in total. The van der Waals surface area contributed by atoms with Crippen LogP contribution in [-0.4, -0.2) is 23.0 Å². The van der Waals surface area contributed by atoms with Crippen LogP contribution in [-0.2, 0) is 9.59 Å². The van der Waals surface area contributed by atoms with Crippen LogP contribution < -0.4 is 10.6 Å². The summed E-state index contributed by atoms with van der Waals surface area (Å²) in [5.74, 6) is 0.0143. The number of carbonyl (C=O) groups is 2. The van der Waals surface area contributed by atoms with E-state index in [1.54, 1.807) is 0 Å². The van der Waals surface area contributed by atoms with E-state index in [0.29, 0.717) is 23.9 Å². The second-order valence-corrected chi connectivity index (χ2v) is 8.94. The fourth-order valence-corrected chi connectivity index (χ4v) is 5.20. The van der Waals surface area contributed by atoms with Gasteiger partial charge in [-0.3, -0.25) is 9.59 Å². The highest BCUT2D eigenvalue weighted by Gasteiger charge is 2.37. The van der Waals surface area contributed by atoms with E-state index in [1.807, 2.05) is 12.1 Å². The van der Waals surface area contributed by atoms with Crippen LogP contribution in [0.5, 0.6) is 0 Å². The predicted octanol–water partition coefficient (Wildman–Crippen LogP) is 4.95. The third-order valence-corrected chi connectivity index (χ3v) is 6.88. The number of nitrogens with one attached hydrogen (secondary N) is 2. The van der Waals surface area contributed by atoms with E-state index in [2.05, 4.69) is 22.8 Å². The van der Waals surface area contributed by atoms with E-state index >= 15 is 0 Å². The van der Waals surface area contributed by atoms with E-state index in [4.69, 9.17) is 0 Å². The molecule has 29 heavy (non-hydrogen) atoms.